The van der Waals surface area contributed by atoms with E-state index < -0.39 is 0 Å². The van der Waals surface area contributed by atoms with Crippen molar-refractivity contribution < 1.29 is 4.79 Å². The molecule has 1 saturated carbocycles. The second-order valence-electron chi connectivity index (χ2n) is 5.03. The summed E-state index contributed by atoms with van der Waals surface area (Å²) in [5.41, 5.74) is 5.71. The van der Waals surface area contributed by atoms with E-state index in [4.69, 9.17) is 5.73 Å². The number of carbonyl (C=O) groups is 1. The average molecular weight is 266 g/mol. The third-order valence-corrected chi connectivity index (χ3v) is 4.65. The Morgan fingerprint density at radius 1 is 1.50 bits per heavy atom. The van der Waals surface area contributed by atoms with Crippen LogP contribution in [0.25, 0.3) is 0 Å². The van der Waals surface area contributed by atoms with Crippen LogP contribution in [-0.2, 0) is 11.2 Å². The van der Waals surface area contributed by atoms with Crippen LogP contribution >= 0.6 is 11.3 Å². The van der Waals surface area contributed by atoms with Crippen molar-refractivity contribution in [2.75, 3.05) is 6.54 Å². The van der Waals surface area contributed by atoms with Crippen molar-refractivity contribution in [3.63, 3.8) is 0 Å². The van der Waals surface area contributed by atoms with Gasteiger partial charge >= 0.3 is 0 Å². The molecule has 18 heavy (non-hydrogen) atoms. The molecule has 2 atom stereocenters. The number of carbonyl (C=O) groups excluding carboxylic acids is 1. The number of aryl methyl sites for hydroxylation is 1. The van der Waals surface area contributed by atoms with Gasteiger partial charge in [-0.25, -0.2) is 0 Å². The van der Waals surface area contributed by atoms with Crippen LogP contribution < -0.4 is 11.1 Å². The van der Waals surface area contributed by atoms with Gasteiger partial charge in [-0.05, 0) is 49.6 Å². The lowest BCUT2D eigenvalue weighted by molar-refractivity contribution is -0.122. The van der Waals surface area contributed by atoms with Gasteiger partial charge in [0.05, 0.1) is 0 Å². The summed E-state index contributed by atoms with van der Waals surface area (Å²) in [5, 5.41) is 5.23. The lowest BCUT2D eigenvalue weighted by Crippen LogP contribution is -2.39. The molecule has 1 aliphatic carbocycles. The van der Waals surface area contributed by atoms with Gasteiger partial charge in [0.15, 0.2) is 0 Å². The fourth-order valence-electron chi connectivity index (χ4n) is 2.67. The van der Waals surface area contributed by atoms with Gasteiger partial charge < -0.3 is 11.1 Å². The Kier molecular flexibility index (Phi) is 5.20. The monoisotopic (exact) mass is 266 g/mol. The summed E-state index contributed by atoms with van der Waals surface area (Å²) in [6.07, 6.45) is 6.03. The summed E-state index contributed by atoms with van der Waals surface area (Å²) >= 11 is 1.76. The molecule has 0 spiro atoms. The van der Waals surface area contributed by atoms with E-state index >= 15 is 0 Å². The van der Waals surface area contributed by atoms with Crippen LogP contribution in [0.15, 0.2) is 17.5 Å². The molecule has 1 aromatic heterocycles. The SMILES string of the molecule is NCC1CCCC1NC(=O)CCCc1cccs1. The Bertz CT molecular complexity index is 364. The summed E-state index contributed by atoms with van der Waals surface area (Å²) in [7, 11) is 0. The van der Waals surface area contributed by atoms with Gasteiger partial charge in [-0.1, -0.05) is 12.5 Å². The minimum Gasteiger partial charge on any atom is -0.353 e. The van der Waals surface area contributed by atoms with Crippen LogP contribution in [0.2, 0.25) is 0 Å². The quantitative estimate of drug-likeness (QED) is 0.830. The Balaban J connectivity index is 1.65. The van der Waals surface area contributed by atoms with Crippen molar-refractivity contribution in [2.45, 2.75) is 44.6 Å². The minimum absolute atomic E-state index is 0.192. The van der Waals surface area contributed by atoms with E-state index in [1.54, 1.807) is 11.3 Å². The predicted molar refractivity (Wildman–Crippen MR) is 75.6 cm³/mol. The van der Waals surface area contributed by atoms with E-state index in [0.29, 0.717) is 24.9 Å². The Morgan fingerprint density at radius 3 is 3.11 bits per heavy atom. The van der Waals surface area contributed by atoms with Crippen molar-refractivity contribution in [3.05, 3.63) is 22.4 Å². The second kappa shape index (κ2) is 6.90. The van der Waals surface area contributed by atoms with Crippen molar-refractivity contribution in [2.24, 2.45) is 11.7 Å². The number of hydrogen-bond donors (Lipinski definition) is 2. The van der Waals surface area contributed by atoms with E-state index in [1.165, 1.54) is 11.3 Å². The molecule has 0 aliphatic heterocycles. The van der Waals surface area contributed by atoms with Crippen LogP contribution in [0.4, 0.5) is 0 Å². The van der Waals surface area contributed by atoms with Gasteiger partial charge in [0, 0.05) is 17.3 Å². The van der Waals surface area contributed by atoms with Gasteiger partial charge in [-0.15, -0.1) is 11.3 Å². The molecular weight excluding hydrogens is 244 g/mol. The highest BCUT2D eigenvalue weighted by Crippen LogP contribution is 2.24. The van der Waals surface area contributed by atoms with Gasteiger partial charge in [-0.2, -0.15) is 0 Å². The highest BCUT2D eigenvalue weighted by molar-refractivity contribution is 7.09. The summed E-state index contributed by atoms with van der Waals surface area (Å²) in [5.74, 6) is 0.683. The van der Waals surface area contributed by atoms with Gasteiger partial charge in [0.25, 0.3) is 0 Å². The average Bonchev–Trinajstić information content (AvgIpc) is 3.00. The maximum Gasteiger partial charge on any atom is 0.220 e. The van der Waals surface area contributed by atoms with Crippen LogP contribution in [0.1, 0.15) is 37.0 Å². The maximum absolute atomic E-state index is 11.8. The standard InChI is InChI=1S/C14H22N2OS/c15-10-11-4-1-7-13(11)16-14(17)8-2-5-12-6-3-9-18-12/h3,6,9,11,13H,1-2,4-5,7-8,10,15H2,(H,16,17). The van der Waals surface area contributed by atoms with E-state index in [1.807, 2.05) is 0 Å². The van der Waals surface area contributed by atoms with E-state index in [0.717, 1.165) is 25.7 Å². The van der Waals surface area contributed by atoms with E-state index in [2.05, 4.69) is 22.8 Å². The highest BCUT2D eigenvalue weighted by Gasteiger charge is 2.26. The molecule has 1 heterocycles. The first-order valence-corrected chi connectivity index (χ1v) is 7.69. The molecule has 0 bridgehead atoms. The molecule has 2 unspecified atom stereocenters. The van der Waals surface area contributed by atoms with Crippen molar-refractivity contribution in [1.29, 1.82) is 0 Å². The fraction of sp³-hybridized carbons (Fsp3) is 0.643. The molecule has 1 aliphatic rings. The lowest BCUT2D eigenvalue weighted by atomic mass is 10.0. The first-order valence-electron chi connectivity index (χ1n) is 6.81. The van der Waals surface area contributed by atoms with Crippen molar-refractivity contribution in [3.8, 4) is 0 Å². The lowest BCUT2D eigenvalue weighted by Gasteiger charge is -2.19. The number of amides is 1. The topological polar surface area (TPSA) is 55.1 Å². The molecule has 1 fully saturated rings. The number of nitrogens with two attached hydrogens (primary N) is 1. The second-order valence-corrected chi connectivity index (χ2v) is 6.07. The molecule has 3 N–H and O–H groups in total. The number of rotatable bonds is 6. The number of nitrogens with one attached hydrogen (secondary N) is 1. The van der Waals surface area contributed by atoms with Crippen molar-refractivity contribution in [1.82, 2.24) is 5.32 Å². The molecule has 1 amide bonds. The van der Waals surface area contributed by atoms with Crippen LogP contribution in [-0.4, -0.2) is 18.5 Å². The van der Waals surface area contributed by atoms with Crippen LogP contribution in [0.5, 0.6) is 0 Å². The zero-order chi connectivity index (χ0) is 12.8. The molecule has 0 aromatic carbocycles. The van der Waals surface area contributed by atoms with Crippen LogP contribution in [0, 0.1) is 5.92 Å². The first kappa shape index (κ1) is 13.6. The number of thiophene rings is 1. The molecule has 0 radical (unpaired) electrons. The molecule has 3 nitrogen and oxygen atoms in total. The smallest absolute Gasteiger partial charge is 0.220 e. The highest BCUT2D eigenvalue weighted by atomic mass is 32.1. The molecule has 2 rings (SSSR count). The third-order valence-electron chi connectivity index (χ3n) is 3.72. The largest absolute Gasteiger partial charge is 0.353 e. The van der Waals surface area contributed by atoms with Gasteiger partial charge in [0.1, 0.15) is 0 Å². The molecule has 100 valence electrons. The summed E-state index contributed by atoms with van der Waals surface area (Å²) in [4.78, 5) is 13.2. The maximum atomic E-state index is 11.8. The summed E-state index contributed by atoms with van der Waals surface area (Å²) < 4.78 is 0. The number of hydrogen-bond acceptors (Lipinski definition) is 3. The Labute approximate surface area is 113 Å². The summed E-state index contributed by atoms with van der Waals surface area (Å²) in [6.45, 7) is 0.695. The first-order chi connectivity index (χ1) is 8.79. The van der Waals surface area contributed by atoms with Gasteiger partial charge in [-0.3, -0.25) is 4.79 Å². The zero-order valence-corrected chi connectivity index (χ0v) is 11.5. The Morgan fingerprint density at radius 2 is 2.39 bits per heavy atom. The zero-order valence-electron chi connectivity index (χ0n) is 10.7. The van der Waals surface area contributed by atoms with Crippen molar-refractivity contribution >= 4 is 17.2 Å². The molecular formula is C14H22N2OS. The summed E-state index contributed by atoms with van der Waals surface area (Å²) in [6, 6.07) is 4.51. The molecule has 0 saturated heterocycles. The minimum atomic E-state index is 0.192. The molecule has 4 heteroatoms. The Hall–Kier alpha value is -0.870. The predicted octanol–water partition coefficient (Wildman–Crippen LogP) is 2.31. The van der Waals surface area contributed by atoms with E-state index in [-0.39, 0.29) is 5.91 Å². The molecule has 1 aromatic rings. The van der Waals surface area contributed by atoms with Crippen LogP contribution in [0.3, 0.4) is 0 Å². The fourth-order valence-corrected chi connectivity index (χ4v) is 3.42. The van der Waals surface area contributed by atoms with E-state index in [9.17, 15) is 4.79 Å². The van der Waals surface area contributed by atoms with Gasteiger partial charge in [0.2, 0.25) is 5.91 Å². The third kappa shape index (κ3) is 3.82. The normalized spacial score (nSPS) is 23.2.